The van der Waals surface area contributed by atoms with Crippen molar-refractivity contribution >= 4 is 42.3 Å². The number of nitrogens with one attached hydrogen (secondary N) is 2. The first-order valence-electron chi connectivity index (χ1n) is 14.7. The highest BCUT2D eigenvalue weighted by Crippen LogP contribution is 2.29. The van der Waals surface area contributed by atoms with E-state index >= 15 is 0 Å². The molecule has 4 rings (SSSR count). The van der Waals surface area contributed by atoms with Gasteiger partial charge >= 0.3 is 8.03 Å². The third-order valence-electron chi connectivity index (χ3n) is 7.51. The molecule has 0 aliphatic heterocycles. The molecule has 45 heavy (non-hydrogen) atoms. The zero-order valence-electron chi connectivity index (χ0n) is 25.1. The molecule has 0 fully saturated rings. The Morgan fingerprint density at radius 1 is 1.02 bits per heavy atom. The van der Waals surface area contributed by atoms with Crippen LogP contribution in [0.4, 0.5) is 0 Å². The number of fused-ring (bicyclic) bond motifs is 1. The first-order valence-corrected chi connectivity index (χ1v) is 16.0. The summed E-state index contributed by atoms with van der Waals surface area (Å²) < 4.78 is 22.9. The molecule has 0 saturated heterocycles. The van der Waals surface area contributed by atoms with E-state index in [4.69, 9.17) is 9.15 Å². The lowest BCUT2D eigenvalue weighted by Crippen LogP contribution is -2.47. The van der Waals surface area contributed by atoms with E-state index in [1.165, 1.54) is 18.2 Å². The molecule has 12 heteroatoms. The molecule has 1 aromatic heterocycles. The lowest BCUT2D eigenvalue weighted by Gasteiger charge is -2.29. The molecular formula is C33H37N3O8P+. The van der Waals surface area contributed by atoms with Gasteiger partial charge in [-0.25, -0.2) is 5.06 Å². The molecule has 1 heterocycles. The van der Waals surface area contributed by atoms with E-state index in [0.717, 1.165) is 16.3 Å². The van der Waals surface area contributed by atoms with Crippen molar-refractivity contribution in [1.29, 1.82) is 0 Å². The van der Waals surface area contributed by atoms with Crippen LogP contribution < -0.4 is 20.7 Å². The summed E-state index contributed by atoms with van der Waals surface area (Å²) in [5.74, 6) is -1.08. The van der Waals surface area contributed by atoms with Gasteiger partial charge in [-0.3, -0.25) is 19.6 Å². The highest BCUT2D eigenvalue weighted by molar-refractivity contribution is 7.47. The summed E-state index contributed by atoms with van der Waals surface area (Å²) in [4.78, 5) is 47.0. The van der Waals surface area contributed by atoms with Crippen LogP contribution >= 0.6 is 8.03 Å². The van der Waals surface area contributed by atoms with E-state index in [9.17, 15) is 29.0 Å². The maximum atomic E-state index is 13.3. The van der Waals surface area contributed by atoms with Crippen molar-refractivity contribution < 1.29 is 38.2 Å². The lowest BCUT2D eigenvalue weighted by atomic mass is 9.90. The molecule has 3 aromatic carbocycles. The van der Waals surface area contributed by atoms with E-state index < -0.39 is 31.8 Å². The number of carbonyl (C=O) groups excluding carboxylic acids is 3. The van der Waals surface area contributed by atoms with Crippen LogP contribution in [0.3, 0.4) is 0 Å². The van der Waals surface area contributed by atoms with Gasteiger partial charge in [0.15, 0.2) is 5.76 Å². The quantitative estimate of drug-likeness (QED) is 0.0444. The second-order valence-corrected chi connectivity index (χ2v) is 11.5. The third-order valence-corrected chi connectivity index (χ3v) is 8.21. The number of ether oxygens (including phenoxy) is 1. The van der Waals surface area contributed by atoms with Gasteiger partial charge in [0.25, 0.3) is 5.91 Å². The molecule has 3 amide bonds. The van der Waals surface area contributed by atoms with Gasteiger partial charge in [0.2, 0.25) is 17.6 Å². The van der Waals surface area contributed by atoms with Crippen LogP contribution in [0.2, 0.25) is 0 Å². The molecule has 4 aromatic rings. The lowest BCUT2D eigenvalue weighted by molar-refractivity contribution is -0.168. The number of nitrogens with zero attached hydrogens (tertiary/aromatic N) is 1. The van der Waals surface area contributed by atoms with Crippen LogP contribution in [0.1, 0.15) is 49.2 Å². The Kier molecular flexibility index (Phi) is 11.8. The van der Waals surface area contributed by atoms with Gasteiger partial charge in [0.05, 0.1) is 25.2 Å². The number of benzene rings is 3. The van der Waals surface area contributed by atoms with Crippen molar-refractivity contribution in [3.63, 3.8) is 0 Å². The molecule has 11 nitrogen and oxygen atoms in total. The Hall–Kier alpha value is -4.57. The summed E-state index contributed by atoms with van der Waals surface area (Å²) in [5, 5.41) is 18.4. The largest absolute Gasteiger partial charge is 0.546 e. The van der Waals surface area contributed by atoms with Gasteiger partial charge in [-0.1, -0.05) is 49.4 Å². The normalized spacial score (nSPS) is 12.7. The minimum absolute atomic E-state index is 0.0307. The Labute approximate surface area is 262 Å². The van der Waals surface area contributed by atoms with E-state index in [2.05, 4.69) is 28.8 Å². The van der Waals surface area contributed by atoms with Crippen LogP contribution in [0.25, 0.3) is 22.1 Å². The summed E-state index contributed by atoms with van der Waals surface area (Å²) in [6.45, 7) is 3.71. The first kappa shape index (κ1) is 33.3. The highest BCUT2D eigenvalue weighted by Gasteiger charge is 2.31. The molecule has 236 valence electrons. The smallest absolute Gasteiger partial charge is 0.494 e. The number of hydroxylamine groups is 2. The molecule has 1 unspecified atom stereocenters. The van der Waals surface area contributed by atoms with Gasteiger partial charge in [-0.2, -0.15) is 4.89 Å². The van der Waals surface area contributed by atoms with Crippen LogP contribution in [0.5, 0.6) is 5.75 Å². The number of aryl methyl sites for hydroxylation is 1. The number of carbonyl (C=O) groups is 3. The number of hydrogen-bond acceptors (Lipinski definition) is 7. The van der Waals surface area contributed by atoms with Crippen molar-refractivity contribution in [3.8, 4) is 17.1 Å². The molecule has 3 atom stereocenters. The fourth-order valence-electron chi connectivity index (χ4n) is 5.28. The average Bonchev–Trinajstić information content (AvgIpc) is 3.55. The molecule has 0 radical (unpaired) electrons. The highest BCUT2D eigenvalue weighted by atomic mass is 31.1. The summed E-state index contributed by atoms with van der Waals surface area (Å²) in [7, 11) is -2.62. The zero-order valence-corrected chi connectivity index (χ0v) is 26.0. The summed E-state index contributed by atoms with van der Waals surface area (Å²) in [6, 6.07) is 21.1. The average molecular weight is 635 g/mol. The Morgan fingerprint density at radius 2 is 1.80 bits per heavy atom. The topological polar surface area (TPSA) is 158 Å². The molecule has 0 bridgehead atoms. The molecular weight excluding hydrogens is 597 g/mol. The van der Waals surface area contributed by atoms with Gasteiger partial charge in [0.1, 0.15) is 11.5 Å². The standard InChI is InChI=1S/C33H36N3O8P/c1-3-29(36(40)21-37)28(11-7-8-22-12-13-23-9-5-6-10-24(23)16-22)32(38)34-20-35-33(39)31-15-14-30(44-31)25-17-26(43-4-2)19-27(18-25)45(41)42/h5-6,9-10,12-19,21,28-29,40H,3-4,7-8,11,20H2,1-2H3,(H2-,34,35,38,39,41,42)/p+1/t28-,29-/m1/s1. The second-order valence-electron chi connectivity index (χ2n) is 10.5. The summed E-state index contributed by atoms with van der Waals surface area (Å²) in [5.41, 5.74) is 1.58. The SMILES string of the molecule is CCOc1cc(-c2ccc(C(=O)NCNC(=O)[C@H](CCCc3ccc4ccccc4c3)[C@@H](CC)N(O)C=O)o2)cc([P+](=O)O)c1. The molecule has 0 aliphatic carbocycles. The number of furan rings is 1. The minimum atomic E-state index is -2.62. The van der Waals surface area contributed by atoms with Gasteiger partial charge in [-0.05, 0) is 71.7 Å². The zero-order chi connectivity index (χ0) is 32.3. The van der Waals surface area contributed by atoms with Crippen molar-refractivity contribution in [1.82, 2.24) is 15.7 Å². The Bertz CT molecular complexity index is 1660. The van der Waals surface area contributed by atoms with Crippen LogP contribution in [-0.2, 0) is 20.6 Å². The molecule has 4 N–H and O–H groups in total. The van der Waals surface area contributed by atoms with Crippen molar-refractivity contribution in [2.45, 2.75) is 45.6 Å². The fourth-order valence-corrected chi connectivity index (χ4v) is 5.77. The van der Waals surface area contributed by atoms with Crippen molar-refractivity contribution in [3.05, 3.63) is 84.1 Å². The minimum Gasteiger partial charge on any atom is -0.494 e. The van der Waals surface area contributed by atoms with Crippen molar-refractivity contribution in [2.24, 2.45) is 5.92 Å². The summed E-state index contributed by atoms with van der Waals surface area (Å²) >= 11 is 0. The molecule has 0 spiro atoms. The predicted octanol–water partition coefficient (Wildman–Crippen LogP) is 4.93. The fraction of sp³-hybridized carbons (Fsp3) is 0.303. The third kappa shape index (κ3) is 8.76. The molecule has 0 aliphatic rings. The van der Waals surface area contributed by atoms with E-state index in [1.807, 2.05) is 24.3 Å². The van der Waals surface area contributed by atoms with E-state index in [-0.39, 0.29) is 23.5 Å². The van der Waals surface area contributed by atoms with Gasteiger partial charge < -0.3 is 19.8 Å². The predicted molar refractivity (Wildman–Crippen MR) is 169 cm³/mol. The van der Waals surface area contributed by atoms with Crippen LogP contribution in [-0.4, -0.2) is 52.7 Å². The van der Waals surface area contributed by atoms with Gasteiger partial charge in [0, 0.05) is 17.7 Å². The van der Waals surface area contributed by atoms with Crippen LogP contribution in [0, 0.1) is 5.92 Å². The maximum absolute atomic E-state index is 13.3. The second kappa shape index (κ2) is 15.9. The maximum Gasteiger partial charge on any atom is 0.546 e. The number of hydrogen-bond donors (Lipinski definition) is 4. The van der Waals surface area contributed by atoms with E-state index in [0.29, 0.717) is 55.1 Å². The Morgan fingerprint density at radius 3 is 2.51 bits per heavy atom. The number of amides is 3. The monoisotopic (exact) mass is 634 g/mol. The number of rotatable bonds is 16. The first-order chi connectivity index (χ1) is 21.7. The van der Waals surface area contributed by atoms with Gasteiger partial charge in [-0.15, -0.1) is 0 Å². The Balaban J connectivity index is 1.37. The van der Waals surface area contributed by atoms with E-state index in [1.54, 1.807) is 26.0 Å². The summed E-state index contributed by atoms with van der Waals surface area (Å²) in [6.07, 6.45) is 2.39. The van der Waals surface area contributed by atoms with Crippen LogP contribution in [0.15, 0.2) is 77.2 Å². The van der Waals surface area contributed by atoms with Crippen molar-refractivity contribution in [2.75, 3.05) is 13.3 Å². The molecule has 0 saturated carbocycles.